The molecule has 1 unspecified atom stereocenters. The predicted octanol–water partition coefficient (Wildman–Crippen LogP) is 2.68. The predicted molar refractivity (Wildman–Crippen MR) is 60.3 cm³/mol. The smallest absolute Gasteiger partial charge is 0.351 e. The van der Waals surface area contributed by atoms with E-state index in [2.05, 4.69) is 5.32 Å². The first-order valence-electron chi connectivity index (χ1n) is 4.54. The van der Waals surface area contributed by atoms with Crippen molar-refractivity contribution >= 4 is 28.5 Å². The second-order valence-corrected chi connectivity index (χ2v) is 4.78. The van der Waals surface area contributed by atoms with Crippen LogP contribution in [-0.2, 0) is 0 Å². The molecule has 1 aromatic carbocycles. The van der Waals surface area contributed by atoms with Crippen LogP contribution < -0.4 is 5.32 Å². The van der Waals surface area contributed by atoms with Gasteiger partial charge in [-0.1, -0.05) is 0 Å². The molecule has 1 aliphatic heterocycles. The highest BCUT2D eigenvalue weighted by molar-refractivity contribution is 14.1. The minimum atomic E-state index is -4.33. The van der Waals surface area contributed by atoms with Crippen LogP contribution in [0.3, 0.4) is 0 Å². The standard InChI is InChI=1S/C10H7F3INO/c11-10(12,13)8-4-15-9(16)6-2-1-5(14)3-7(6)8/h1-3,8H,4H2,(H,15,16). The molecule has 0 aromatic heterocycles. The van der Waals surface area contributed by atoms with Crippen LogP contribution in [0.4, 0.5) is 13.2 Å². The van der Waals surface area contributed by atoms with E-state index in [0.717, 1.165) is 0 Å². The average Bonchev–Trinajstić information content (AvgIpc) is 2.15. The Bertz CT molecular complexity index is 444. The lowest BCUT2D eigenvalue weighted by molar-refractivity contribution is -0.149. The third-order valence-corrected chi connectivity index (χ3v) is 3.17. The van der Waals surface area contributed by atoms with Gasteiger partial charge >= 0.3 is 6.18 Å². The number of fused-ring (bicyclic) bond motifs is 1. The third-order valence-electron chi connectivity index (χ3n) is 2.50. The number of hydrogen-bond donors (Lipinski definition) is 1. The zero-order valence-electron chi connectivity index (χ0n) is 7.94. The first kappa shape index (κ1) is 11.7. The fourth-order valence-electron chi connectivity index (χ4n) is 1.72. The molecule has 1 N–H and O–H groups in total. The van der Waals surface area contributed by atoms with Gasteiger partial charge in [0.1, 0.15) is 0 Å². The highest BCUT2D eigenvalue weighted by Gasteiger charge is 2.44. The summed E-state index contributed by atoms with van der Waals surface area (Å²) in [7, 11) is 0. The van der Waals surface area contributed by atoms with Crippen LogP contribution in [0.5, 0.6) is 0 Å². The number of carbonyl (C=O) groups is 1. The number of benzene rings is 1. The Morgan fingerprint density at radius 1 is 1.38 bits per heavy atom. The molecule has 0 saturated carbocycles. The van der Waals surface area contributed by atoms with Crippen LogP contribution in [0, 0.1) is 3.57 Å². The summed E-state index contributed by atoms with van der Waals surface area (Å²) in [5.41, 5.74) is 0.192. The molecule has 0 radical (unpaired) electrons. The maximum atomic E-state index is 12.7. The number of carbonyl (C=O) groups excluding carboxylic acids is 1. The van der Waals surface area contributed by atoms with Crippen molar-refractivity contribution in [3.8, 4) is 0 Å². The lowest BCUT2D eigenvalue weighted by Crippen LogP contribution is -2.40. The second kappa shape index (κ2) is 3.90. The minimum Gasteiger partial charge on any atom is -0.351 e. The summed E-state index contributed by atoms with van der Waals surface area (Å²) in [6.07, 6.45) is -4.33. The van der Waals surface area contributed by atoms with Crippen LogP contribution in [0.1, 0.15) is 21.8 Å². The molecule has 6 heteroatoms. The van der Waals surface area contributed by atoms with Gasteiger partial charge in [0.05, 0.1) is 5.92 Å². The molecule has 0 saturated heterocycles. The molecule has 1 aliphatic rings. The number of amides is 1. The molecular formula is C10H7F3INO. The zero-order chi connectivity index (χ0) is 11.9. The summed E-state index contributed by atoms with van der Waals surface area (Å²) in [4.78, 5) is 11.4. The molecule has 2 nitrogen and oxygen atoms in total. The van der Waals surface area contributed by atoms with E-state index in [9.17, 15) is 18.0 Å². The molecule has 1 atom stereocenters. The summed E-state index contributed by atoms with van der Waals surface area (Å²) in [5.74, 6) is -2.04. The molecule has 0 aliphatic carbocycles. The molecule has 0 fully saturated rings. The quantitative estimate of drug-likeness (QED) is 0.723. The third kappa shape index (κ3) is 2.02. The number of nitrogens with one attached hydrogen (secondary N) is 1. The van der Waals surface area contributed by atoms with Crippen molar-refractivity contribution in [3.05, 3.63) is 32.9 Å². The van der Waals surface area contributed by atoms with Gasteiger partial charge in [-0.05, 0) is 46.4 Å². The molecule has 86 valence electrons. The first-order valence-corrected chi connectivity index (χ1v) is 5.62. The molecule has 1 aromatic rings. The van der Waals surface area contributed by atoms with Crippen molar-refractivity contribution in [2.75, 3.05) is 6.54 Å². The van der Waals surface area contributed by atoms with Gasteiger partial charge in [0, 0.05) is 15.7 Å². The van der Waals surface area contributed by atoms with Crippen LogP contribution in [0.2, 0.25) is 0 Å². The lowest BCUT2D eigenvalue weighted by atomic mass is 9.90. The Kier molecular flexibility index (Phi) is 2.85. The minimum absolute atomic E-state index is 0.0724. The van der Waals surface area contributed by atoms with Gasteiger partial charge in [0.25, 0.3) is 5.91 Å². The Hall–Kier alpha value is -0.790. The molecule has 0 bridgehead atoms. The topological polar surface area (TPSA) is 29.1 Å². The molecule has 0 spiro atoms. The van der Waals surface area contributed by atoms with Crippen molar-refractivity contribution in [1.82, 2.24) is 5.32 Å². The molecule has 16 heavy (non-hydrogen) atoms. The Morgan fingerprint density at radius 2 is 2.06 bits per heavy atom. The number of alkyl halides is 3. The van der Waals surface area contributed by atoms with Crippen molar-refractivity contribution < 1.29 is 18.0 Å². The van der Waals surface area contributed by atoms with E-state index in [1.54, 1.807) is 6.07 Å². The van der Waals surface area contributed by atoms with Gasteiger partial charge in [0.2, 0.25) is 0 Å². The maximum Gasteiger partial charge on any atom is 0.397 e. The van der Waals surface area contributed by atoms with E-state index in [4.69, 9.17) is 0 Å². The Balaban J connectivity index is 2.54. The number of halogens is 4. The van der Waals surface area contributed by atoms with Gasteiger partial charge in [-0.15, -0.1) is 0 Å². The first-order chi connectivity index (χ1) is 7.39. The number of hydrogen-bond acceptors (Lipinski definition) is 1. The zero-order valence-corrected chi connectivity index (χ0v) is 10.1. The second-order valence-electron chi connectivity index (χ2n) is 3.54. The summed E-state index contributed by atoms with van der Waals surface area (Å²) >= 11 is 1.93. The largest absolute Gasteiger partial charge is 0.397 e. The van der Waals surface area contributed by atoms with Gasteiger partial charge in [-0.2, -0.15) is 13.2 Å². The van der Waals surface area contributed by atoms with Crippen molar-refractivity contribution in [1.29, 1.82) is 0 Å². The number of rotatable bonds is 0. The van der Waals surface area contributed by atoms with Crippen molar-refractivity contribution in [2.24, 2.45) is 0 Å². The fourth-order valence-corrected chi connectivity index (χ4v) is 2.24. The fraction of sp³-hybridized carbons (Fsp3) is 0.300. The van der Waals surface area contributed by atoms with Crippen molar-refractivity contribution in [2.45, 2.75) is 12.1 Å². The normalized spacial score (nSPS) is 20.2. The van der Waals surface area contributed by atoms with E-state index >= 15 is 0 Å². The highest BCUT2D eigenvalue weighted by Crippen LogP contribution is 2.38. The Morgan fingerprint density at radius 3 is 2.69 bits per heavy atom. The SMILES string of the molecule is O=C1NCC(C(F)(F)F)c2cc(I)ccc21. The lowest BCUT2D eigenvalue weighted by Gasteiger charge is -2.27. The summed E-state index contributed by atoms with van der Waals surface area (Å²) < 4.78 is 38.9. The Labute approximate surface area is 103 Å². The van der Waals surface area contributed by atoms with Gasteiger partial charge in [0.15, 0.2) is 0 Å². The van der Waals surface area contributed by atoms with Gasteiger partial charge in [-0.25, -0.2) is 0 Å². The van der Waals surface area contributed by atoms with E-state index in [0.29, 0.717) is 3.57 Å². The van der Waals surface area contributed by atoms with Crippen LogP contribution in [0.25, 0.3) is 0 Å². The van der Waals surface area contributed by atoms with E-state index in [1.807, 2.05) is 22.6 Å². The van der Waals surface area contributed by atoms with Crippen molar-refractivity contribution in [3.63, 3.8) is 0 Å². The monoisotopic (exact) mass is 341 g/mol. The average molecular weight is 341 g/mol. The van der Waals surface area contributed by atoms with Gasteiger partial charge in [-0.3, -0.25) is 4.79 Å². The summed E-state index contributed by atoms with van der Waals surface area (Å²) in [6, 6.07) is 4.48. The molecule has 1 heterocycles. The van der Waals surface area contributed by atoms with Crippen LogP contribution >= 0.6 is 22.6 Å². The highest BCUT2D eigenvalue weighted by atomic mass is 127. The summed E-state index contributed by atoms with van der Waals surface area (Å²) in [5, 5.41) is 2.25. The van der Waals surface area contributed by atoms with E-state index in [1.165, 1.54) is 12.1 Å². The molecular weight excluding hydrogens is 334 g/mol. The van der Waals surface area contributed by atoms with E-state index in [-0.39, 0.29) is 17.7 Å². The molecule has 2 rings (SSSR count). The van der Waals surface area contributed by atoms with E-state index < -0.39 is 18.0 Å². The van der Waals surface area contributed by atoms with Crippen LogP contribution in [0.15, 0.2) is 18.2 Å². The van der Waals surface area contributed by atoms with Crippen LogP contribution in [-0.4, -0.2) is 18.6 Å². The molecule has 1 amide bonds. The summed E-state index contributed by atoms with van der Waals surface area (Å²) in [6.45, 7) is -0.380. The maximum absolute atomic E-state index is 12.7. The van der Waals surface area contributed by atoms with Gasteiger partial charge < -0.3 is 5.32 Å².